The first-order valence-corrected chi connectivity index (χ1v) is 8.37. The molecule has 1 saturated carbocycles. The van der Waals surface area contributed by atoms with E-state index in [-0.39, 0.29) is 0 Å². The fourth-order valence-electron chi connectivity index (χ4n) is 3.53. The Balaban J connectivity index is 1.53. The monoisotopic (exact) mass is 267 g/mol. The molecule has 0 amide bonds. The van der Waals surface area contributed by atoms with Crippen LogP contribution in [0, 0.1) is 5.41 Å². The summed E-state index contributed by atoms with van der Waals surface area (Å²) < 4.78 is 0. The topological polar surface area (TPSA) is 27.6 Å². The summed E-state index contributed by atoms with van der Waals surface area (Å²) in [5.74, 6) is 1.29. The molecule has 3 aliphatic rings. The number of piperidine rings is 1. The second-order valence-electron chi connectivity index (χ2n) is 6.36. The summed E-state index contributed by atoms with van der Waals surface area (Å²) in [6, 6.07) is 0.618. The van der Waals surface area contributed by atoms with Gasteiger partial charge in [0, 0.05) is 24.9 Å². The van der Waals surface area contributed by atoms with Crippen molar-refractivity contribution >= 4 is 16.9 Å². The maximum Gasteiger partial charge on any atom is 0.156 e. The second-order valence-corrected chi connectivity index (χ2v) is 7.33. The lowest BCUT2D eigenvalue weighted by Gasteiger charge is -2.34. The van der Waals surface area contributed by atoms with Gasteiger partial charge in [0.15, 0.2) is 5.17 Å². The summed E-state index contributed by atoms with van der Waals surface area (Å²) in [7, 11) is 2.22. The third kappa shape index (κ3) is 2.85. The standard InChI is InChI=1S/C14H25N3S/c1-17-8-4-5-12(9-17)16-13-15-10-14(11-18-13)6-2-3-7-14/h12H,2-11H2,1H3,(H,15,16). The van der Waals surface area contributed by atoms with Crippen LogP contribution in [0.1, 0.15) is 38.5 Å². The number of hydrogen-bond acceptors (Lipinski definition) is 4. The van der Waals surface area contributed by atoms with Crippen LogP contribution in [0.3, 0.4) is 0 Å². The molecule has 0 aromatic carbocycles. The van der Waals surface area contributed by atoms with Gasteiger partial charge in [-0.05, 0) is 44.7 Å². The predicted octanol–water partition coefficient (Wildman–Crippen LogP) is 2.33. The zero-order chi connectivity index (χ0) is 12.4. The minimum absolute atomic E-state index is 0.569. The Morgan fingerprint density at radius 3 is 2.83 bits per heavy atom. The largest absolute Gasteiger partial charge is 0.361 e. The number of rotatable bonds is 1. The highest BCUT2D eigenvalue weighted by Crippen LogP contribution is 2.43. The minimum atomic E-state index is 0.569. The van der Waals surface area contributed by atoms with Crippen molar-refractivity contribution in [2.24, 2.45) is 10.4 Å². The smallest absolute Gasteiger partial charge is 0.156 e. The SMILES string of the molecule is CN1CCCC(NC2=NCC3(CCCC3)CS2)C1. The Morgan fingerprint density at radius 1 is 1.33 bits per heavy atom. The summed E-state index contributed by atoms with van der Waals surface area (Å²) in [5, 5.41) is 4.88. The predicted molar refractivity (Wildman–Crippen MR) is 79.3 cm³/mol. The first-order valence-electron chi connectivity index (χ1n) is 7.38. The lowest BCUT2D eigenvalue weighted by Crippen LogP contribution is -2.47. The number of hydrogen-bond donors (Lipinski definition) is 1. The van der Waals surface area contributed by atoms with Gasteiger partial charge >= 0.3 is 0 Å². The highest BCUT2D eigenvalue weighted by molar-refractivity contribution is 8.13. The number of amidine groups is 1. The maximum atomic E-state index is 4.83. The van der Waals surface area contributed by atoms with E-state index in [2.05, 4.69) is 17.3 Å². The van der Waals surface area contributed by atoms with E-state index in [0.717, 1.165) is 6.54 Å². The van der Waals surface area contributed by atoms with Crippen molar-refractivity contribution in [1.29, 1.82) is 0 Å². The second kappa shape index (κ2) is 5.41. The zero-order valence-corrected chi connectivity index (χ0v) is 12.3. The van der Waals surface area contributed by atoms with Crippen LogP contribution in [0.15, 0.2) is 4.99 Å². The van der Waals surface area contributed by atoms with Crippen LogP contribution in [0.5, 0.6) is 0 Å². The van der Waals surface area contributed by atoms with Crippen molar-refractivity contribution in [1.82, 2.24) is 10.2 Å². The molecule has 0 aromatic rings. The van der Waals surface area contributed by atoms with Gasteiger partial charge in [0.25, 0.3) is 0 Å². The number of nitrogens with zero attached hydrogens (tertiary/aromatic N) is 2. The molecule has 1 spiro atoms. The molecule has 18 heavy (non-hydrogen) atoms. The molecule has 1 saturated heterocycles. The van der Waals surface area contributed by atoms with Gasteiger partial charge in [-0.3, -0.25) is 4.99 Å². The summed E-state index contributed by atoms with van der Waals surface area (Å²) >= 11 is 1.97. The number of likely N-dealkylation sites (N-methyl/N-ethyl adjacent to an activating group) is 1. The Labute approximate surface area is 115 Å². The molecule has 3 nitrogen and oxygen atoms in total. The lowest BCUT2D eigenvalue weighted by molar-refractivity contribution is 0.241. The summed E-state index contributed by atoms with van der Waals surface area (Å²) in [6.45, 7) is 3.50. The van der Waals surface area contributed by atoms with E-state index in [4.69, 9.17) is 4.99 Å². The minimum Gasteiger partial charge on any atom is -0.361 e. The van der Waals surface area contributed by atoms with Gasteiger partial charge in [0.1, 0.15) is 0 Å². The van der Waals surface area contributed by atoms with Crippen molar-refractivity contribution < 1.29 is 0 Å². The van der Waals surface area contributed by atoms with Gasteiger partial charge in [0.05, 0.1) is 0 Å². The van der Waals surface area contributed by atoms with E-state index in [1.54, 1.807) is 0 Å². The first kappa shape index (κ1) is 12.8. The Hall–Kier alpha value is -0.220. The third-order valence-corrected chi connectivity index (χ3v) is 5.97. The van der Waals surface area contributed by atoms with Crippen LogP contribution in [-0.2, 0) is 0 Å². The molecule has 0 bridgehead atoms. The Bertz CT molecular complexity index is 323. The molecule has 1 aliphatic carbocycles. The zero-order valence-electron chi connectivity index (χ0n) is 11.5. The van der Waals surface area contributed by atoms with Crippen molar-refractivity contribution in [3.63, 3.8) is 0 Å². The lowest BCUT2D eigenvalue weighted by atomic mass is 9.89. The van der Waals surface area contributed by atoms with Crippen LogP contribution in [-0.4, -0.2) is 48.5 Å². The van der Waals surface area contributed by atoms with Crippen molar-refractivity contribution in [2.45, 2.75) is 44.6 Å². The number of nitrogens with one attached hydrogen (secondary N) is 1. The number of aliphatic imine (C=N–C) groups is 1. The first-order chi connectivity index (χ1) is 8.76. The molecule has 1 unspecified atom stereocenters. The molecular formula is C14H25N3S. The van der Waals surface area contributed by atoms with Crippen LogP contribution in [0.4, 0.5) is 0 Å². The fraction of sp³-hybridized carbons (Fsp3) is 0.929. The number of thioether (sulfide) groups is 1. The third-order valence-electron chi connectivity index (χ3n) is 4.69. The summed E-state index contributed by atoms with van der Waals surface area (Å²) in [6.07, 6.45) is 8.27. The normalized spacial score (nSPS) is 32.5. The highest BCUT2D eigenvalue weighted by Gasteiger charge is 2.36. The molecule has 3 rings (SSSR count). The van der Waals surface area contributed by atoms with Crippen LogP contribution in [0.25, 0.3) is 0 Å². The van der Waals surface area contributed by atoms with E-state index >= 15 is 0 Å². The molecule has 102 valence electrons. The molecule has 2 fully saturated rings. The number of likely N-dealkylation sites (tertiary alicyclic amines) is 1. The molecule has 1 atom stereocenters. The summed E-state index contributed by atoms with van der Waals surface area (Å²) in [5.41, 5.74) is 0.569. The van der Waals surface area contributed by atoms with Gasteiger partial charge in [-0.1, -0.05) is 24.6 Å². The van der Waals surface area contributed by atoms with Gasteiger partial charge in [-0.15, -0.1) is 0 Å². The maximum absolute atomic E-state index is 4.83. The molecule has 0 radical (unpaired) electrons. The quantitative estimate of drug-likeness (QED) is 0.790. The van der Waals surface area contributed by atoms with Gasteiger partial charge in [-0.2, -0.15) is 0 Å². The highest BCUT2D eigenvalue weighted by atomic mass is 32.2. The van der Waals surface area contributed by atoms with Crippen LogP contribution >= 0.6 is 11.8 Å². The van der Waals surface area contributed by atoms with Crippen molar-refractivity contribution in [3.8, 4) is 0 Å². The van der Waals surface area contributed by atoms with Gasteiger partial charge < -0.3 is 10.2 Å². The average Bonchev–Trinajstić information content (AvgIpc) is 2.81. The van der Waals surface area contributed by atoms with Crippen molar-refractivity contribution in [2.75, 3.05) is 32.4 Å². The van der Waals surface area contributed by atoms with E-state index in [1.807, 2.05) is 11.8 Å². The van der Waals surface area contributed by atoms with Gasteiger partial charge in [0.2, 0.25) is 0 Å². The van der Waals surface area contributed by atoms with Gasteiger partial charge in [-0.25, -0.2) is 0 Å². The fourth-order valence-corrected chi connectivity index (χ4v) is 4.75. The van der Waals surface area contributed by atoms with E-state index in [9.17, 15) is 0 Å². The van der Waals surface area contributed by atoms with Crippen LogP contribution in [0.2, 0.25) is 0 Å². The Kier molecular flexibility index (Phi) is 3.85. The summed E-state index contributed by atoms with van der Waals surface area (Å²) in [4.78, 5) is 7.26. The molecule has 2 aliphatic heterocycles. The van der Waals surface area contributed by atoms with Crippen molar-refractivity contribution in [3.05, 3.63) is 0 Å². The van der Waals surface area contributed by atoms with E-state index in [1.165, 1.54) is 62.5 Å². The molecule has 0 aromatic heterocycles. The average molecular weight is 267 g/mol. The van der Waals surface area contributed by atoms with E-state index in [0.29, 0.717) is 11.5 Å². The molecule has 2 heterocycles. The Morgan fingerprint density at radius 2 is 2.17 bits per heavy atom. The molecule has 1 N–H and O–H groups in total. The van der Waals surface area contributed by atoms with E-state index < -0.39 is 0 Å². The van der Waals surface area contributed by atoms with Crippen LogP contribution < -0.4 is 5.32 Å². The molecular weight excluding hydrogens is 242 g/mol. The molecule has 4 heteroatoms.